The average molecular weight is 688 g/mol. The molecule has 5 rings (SSSR count). The van der Waals surface area contributed by atoms with E-state index in [0.29, 0.717) is 30.2 Å². The zero-order chi connectivity index (χ0) is 34.9. The van der Waals surface area contributed by atoms with Gasteiger partial charge in [0.2, 0.25) is 11.3 Å². The number of carbonyl (C=O) groups excluding carboxylic acids is 2. The van der Waals surface area contributed by atoms with Crippen LogP contribution < -0.4 is 20.5 Å². The summed E-state index contributed by atoms with van der Waals surface area (Å²) >= 11 is 6.09. The highest BCUT2D eigenvalue weighted by Crippen LogP contribution is 2.34. The molecule has 254 valence electrons. The molecule has 0 unspecified atom stereocenters. The number of pyridine rings is 1. The van der Waals surface area contributed by atoms with Crippen LogP contribution in [0.25, 0.3) is 11.2 Å². The highest BCUT2D eigenvalue weighted by Gasteiger charge is 2.32. The van der Waals surface area contributed by atoms with Gasteiger partial charge >= 0.3 is 6.18 Å². The van der Waals surface area contributed by atoms with Gasteiger partial charge in [-0.3, -0.25) is 14.4 Å². The second kappa shape index (κ2) is 13.6. The predicted molar refractivity (Wildman–Crippen MR) is 174 cm³/mol. The number of carbonyl (C=O) groups is 2. The Balaban J connectivity index is 1.51. The summed E-state index contributed by atoms with van der Waals surface area (Å²) in [6, 6.07) is 2.63. The first-order valence-electron chi connectivity index (χ1n) is 15.1. The third-order valence-corrected chi connectivity index (χ3v) is 8.50. The largest absolute Gasteiger partial charge is 0.504 e. The highest BCUT2D eigenvalue weighted by atomic mass is 35.5. The van der Waals surface area contributed by atoms with Crippen LogP contribution in [0.4, 0.5) is 30.4 Å². The molecule has 0 spiro atoms. The molecule has 17 heteroatoms. The Labute approximate surface area is 278 Å². The van der Waals surface area contributed by atoms with Crippen LogP contribution in [0.3, 0.4) is 0 Å². The molecule has 0 saturated carbocycles. The van der Waals surface area contributed by atoms with Crippen molar-refractivity contribution >= 4 is 51.8 Å². The van der Waals surface area contributed by atoms with Crippen LogP contribution in [0.15, 0.2) is 35.5 Å². The first kappa shape index (κ1) is 34.3. The molecule has 4 aromatic rings. The van der Waals surface area contributed by atoms with Gasteiger partial charge in [-0.2, -0.15) is 13.2 Å². The Hall–Kier alpha value is -4.99. The van der Waals surface area contributed by atoms with Crippen molar-refractivity contribution < 1.29 is 27.9 Å². The van der Waals surface area contributed by atoms with Crippen molar-refractivity contribution in [3.05, 3.63) is 68.6 Å². The number of aryl methyl sites for hydroxylation is 1. The molecule has 48 heavy (non-hydrogen) atoms. The van der Waals surface area contributed by atoms with Crippen LogP contribution in [-0.4, -0.2) is 86.1 Å². The van der Waals surface area contributed by atoms with Gasteiger partial charge in [-0.1, -0.05) is 18.5 Å². The van der Waals surface area contributed by atoms with Gasteiger partial charge in [0.25, 0.3) is 5.91 Å². The first-order chi connectivity index (χ1) is 22.7. The maximum Gasteiger partial charge on any atom is 0.416 e. The minimum absolute atomic E-state index is 0.0121. The van der Waals surface area contributed by atoms with Gasteiger partial charge in [-0.05, 0) is 38.5 Å². The number of amides is 2. The van der Waals surface area contributed by atoms with Gasteiger partial charge in [0.1, 0.15) is 24.4 Å². The molecule has 1 aliphatic rings. The monoisotopic (exact) mass is 687 g/mol. The Morgan fingerprint density at radius 3 is 2.44 bits per heavy atom. The molecular weight excluding hydrogens is 655 g/mol. The number of nitrogens with zero attached hydrogens (tertiary/aromatic N) is 8. The molecule has 3 aromatic heterocycles. The fourth-order valence-electron chi connectivity index (χ4n) is 5.46. The van der Waals surface area contributed by atoms with Gasteiger partial charge < -0.3 is 29.7 Å². The number of hydrogen-bond donors (Lipinski definition) is 2. The van der Waals surface area contributed by atoms with Crippen molar-refractivity contribution in [2.24, 2.45) is 0 Å². The number of aromatic nitrogens is 5. The van der Waals surface area contributed by atoms with E-state index in [1.165, 1.54) is 17.4 Å². The number of aromatic hydroxyl groups is 1. The number of piperazine rings is 1. The number of anilines is 3. The van der Waals surface area contributed by atoms with Crippen molar-refractivity contribution in [2.75, 3.05) is 54.9 Å². The van der Waals surface area contributed by atoms with Crippen LogP contribution in [0.5, 0.6) is 5.75 Å². The first-order valence-corrected chi connectivity index (χ1v) is 15.5. The van der Waals surface area contributed by atoms with Crippen LogP contribution in [-0.2, 0) is 23.9 Å². The Morgan fingerprint density at radius 2 is 1.81 bits per heavy atom. The number of nitrogens with one attached hydrogen (secondary N) is 1. The van der Waals surface area contributed by atoms with E-state index < -0.39 is 29.0 Å². The molecule has 0 atom stereocenters. The molecule has 0 radical (unpaired) electrons. The molecule has 2 N–H and O–H groups in total. The zero-order valence-corrected chi connectivity index (χ0v) is 27.4. The molecule has 1 aromatic carbocycles. The second-order valence-corrected chi connectivity index (χ2v) is 11.6. The second-order valence-electron chi connectivity index (χ2n) is 11.2. The Morgan fingerprint density at radius 1 is 1.10 bits per heavy atom. The summed E-state index contributed by atoms with van der Waals surface area (Å²) in [6.07, 6.45) is -1.59. The molecule has 1 fully saturated rings. The van der Waals surface area contributed by atoms with Crippen LogP contribution in [0.2, 0.25) is 5.02 Å². The maximum absolute atomic E-state index is 14.2. The van der Waals surface area contributed by atoms with Gasteiger partial charge in [-0.15, -0.1) is 0 Å². The summed E-state index contributed by atoms with van der Waals surface area (Å²) in [4.78, 5) is 62.9. The minimum atomic E-state index is -4.60. The fraction of sp³-hybridized carbons (Fsp3) is 0.387. The van der Waals surface area contributed by atoms with E-state index in [9.17, 15) is 32.7 Å². The number of alkyl halides is 3. The normalized spacial score (nSPS) is 13.6. The van der Waals surface area contributed by atoms with E-state index in [-0.39, 0.29) is 71.7 Å². The van der Waals surface area contributed by atoms with Gasteiger partial charge in [0.15, 0.2) is 22.6 Å². The topological polar surface area (TPSA) is 150 Å². The van der Waals surface area contributed by atoms with E-state index in [4.69, 9.17) is 11.6 Å². The summed E-state index contributed by atoms with van der Waals surface area (Å²) in [5.41, 5.74) is -0.237. The summed E-state index contributed by atoms with van der Waals surface area (Å²) in [7, 11) is 1.80. The third kappa shape index (κ3) is 6.70. The van der Waals surface area contributed by atoms with Crippen LogP contribution >= 0.6 is 11.6 Å². The molecule has 4 heterocycles. The van der Waals surface area contributed by atoms with E-state index >= 15 is 0 Å². The lowest BCUT2D eigenvalue weighted by Gasteiger charge is -2.37. The van der Waals surface area contributed by atoms with Gasteiger partial charge in [0, 0.05) is 45.5 Å². The van der Waals surface area contributed by atoms with Crippen LogP contribution in [0, 0.1) is 6.92 Å². The van der Waals surface area contributed by atoms with E-state index in [1.54, 1.807) is 23.4 Å². The smallest absolute Gasteiger partial charge is 0.416 e. The van der Waals surface area contributed by atoms with Crippen LogP contribution in [0.1, 0.15) is 41.3 Å². The van der Waals surface area contributed by atoms with Gasteiger partial charge in [0.05, 0.1) is 28.2 Å². The lowest BCUT2D eigenvalue weighted by Crippen LogP contribution is -2.50. The quantitative estimate of drug-likeness (QED) is 0.279. The summed E-state index contributed by atoms with van der Waals surface area (Å²) in [5, 5.41) is 12.6. The van der Waals surface area contributed by atoms with Crippen molar-refractivity contribution in [2.45, 2.75) is 39.9 Å². The number of fused-ring (bicyclic) bond motifs is 1. The fourth-order valence-corrected chi connectivity index (χ4v) is 5.68. The summed E-state index contributed by atoms with van der Waals surface area (Å²) in [6.45, 7) is 6.44. The van der Waals surface area contributed by atoms with E-state index in [1.807, 2.05) is 18.7 Å². The van der Waals surface area contributed by atoms with Crippen molar-refractivity contribution in [1.82, 2.24) is 29.4 Å². The van der Waals surface area contributed by atoms with Gasteiger partial charge in [-0.25, -0.2) is 19.9 Å². The van der Waals surface area contributed by atoms with Crippen molar-refractivity contribution in [3.8, 4) is 5.75 Å². The SMILES string of the molecule is CCc1c(N2CCN(C(=O)c3ncnc(C)c3O)CC2)c(=O)c2nc(N(C)CC)cnc2n1CC(=O)Nc1ccc(C(F)(F)F)cc1Cl. The number of halogens is 4. The molecule has 1 aliphatic heterocycles. The summed E-state index contributed by atoms with van der Waals surface area (Å²) < 4.78 is 41.0. The lowest BCUT2D eigenvalue weighted by molar-refractivity contribution is -0.137. The summed E-state index contributed by atoms with van der Waals surface area (Å²) in [5.74, 6) is -0.937. The minimum Gasteiger partial charge on any atom is -0.504 e. The molecular formula is C31H33ClF3N9O4. The number of rotatable bonds is 8. The standard InChI is InChI=1S/C31H33ClF3N9O4/c1-5-21-26(42-9-11-43(12-10-42)30(48)25-27(46)17(3)37-16-38-25)28(47)24-29(36-14-22(40-24)41(4)6-2)44(21)15-23(45)39-20-8-7-18(13-19(20)32)31(33,34)35/h7-8,13-14,16,46H,5-6,9-12,15H2,1-4H3,(H,39,45). The Kier molecular flexibility index (Phi) is 9.75. The average Bonchev–Trinajstić information content (AvgIpc) is 3.06. The highest BCUT2D eigenvalue weighted by molar-refractivity contribution is 6.33. The Bertz CT molecular complexity index is 1950. The maximum atomic E-state index is 14.2. The molecule has 2 amide bonds. The molecule has 13 nitrogen and oxygen atoms in total. The van der Waals surface area contributed by atoms with Crippen molar-refractivity contribution in [1.29, 1.82) is 0 Å². The molecule has 1 saturated heterocycles. The third-order valence-electron chi connectivity index (χ3n) is 8.19. The predicted octanol–water partition coefficient (Wildman–Crippen LogP) is 3.89. The van der Waals surface area contributed by atoms with Crippen molar-refractivity contribution in [3.63, 3.8) is 0 Å². The number of hydrogen-bond acceptors (Lipinski definition) is 10. The lowest BCUT2D eigenvalue weighted by atomic mass is 10.1. The van der Waals surface area contributed by atoms with E-state index in [0.717, 1.165) is 18.2 Å². The molecule has 0 bridgehead atoms. The number of benzene rings is 1. The van der Waals surface area contributed by atoms with E-state index in [2.05, 4.69) is 25.3 Å². The zero-order valence-electron chi connectivity index (χ0n) is 26.6. The molecule has 0 aliphatic carbocycles.